The zero-order valence-electron chi connectivity index (χ0n) is 16.2. The highest BCUT2D eigenvalue weighted by atomic mass is 16.2. The summed E-state index contributed by atoms with van der Waals surface area (Å²) >= 11 is 0. The van der Waals surface area contributed by atoms with Gasteiger partial charge in [-0.1, -0.05) is 19.3 Å². The minimum Gasteiger partial charge on any atom is -0.359 e. The highest BCUT2D eigenvalue weighted by Crippen LogP contribution is 2.29. The summed E-state index contributed by atoms with van der Waals surface area (Å²) in [6, 6.07) is 4.61. The lowest BCUT2D eigenvalue weighted by Gasteiger charge is -2.22. The van der Waals surface area contributed by atoms with Crippen LogP contribution in [0.3, 0.4) is 0 Å². The molecule has 150 valence electrons. The Labute approximate surface area is 164 Å². The molecule has 0 aromatic heterocycles. The Balaban J connectivity index is 1.66. The van der Waals surface area contributed by atoms with Gasteiger partial charge in [0.15, 0.2) is 0 Å². The van der Waals surface area contributed by atoms with Crippen molar-refractivity contribution in [2.24, 2.45) is 5.92 Å². The monoisotopic (exact) mass is 385 g/mol. The Morgan fingerprint density at radius 3 is 2.68 bits per heavy atom. The predicted molar refractivity (Wildman–Crippen MR) is 105 cm³/mol. The quantitative estimate of drug-likeness (QED) is 0.704. The smallest absolute Gasteiger partial charge is 0.255 e. The largest absolute Gasteiger partial charge is 0.359 e. The van der Waals surface area contributed by atoms with Crippen LogP contribution in [0.25, 0.3) is 0 Å². The van der Waals surface area contributed by atoms with Crippen molar-refractivity contribution in [3.8, 4) is 0 Å². The van der Waals surface area contributed by atoms with Crippen LogP contribution in [0.4, 0.5) is 5.69 Å². The summed E-state index contributed by atoms with van der Waals surface area (Å²) in [5.41, 5.74) is 2.01. The second-order valence-electron chi connectivity index (χ2n) is 7.54. The van der Waals surface area contributed by atoms with Crippen LogP contribution in [0, 0.1) is 5.92 Å². The van der Waals surface area contributed by atoms with E-state index in [1.165, 1.54) is 18.4 Å². The first-order chi connectivity index (χ1) is 13.5. The second-order valence-corrected chi connectivity index (χ2v) is 7.54. The standard InChI is InChI=1S/C21H27N3O4/c1-22-19(26)10-8-17(13-25)24-12-15-11-16(7-9-18(15)21(24)28)23-20(27)14-5-3-2-4-6-14/h7,9,11,13-14,17H,2-6,8,10,12H2,1H3,(H,22,26)(H,23,27). The molecule has 1 aromatic carbocycles. The lowest BCUT2D eigenvalue weighted by Crippen LogP contribution is -2.37. The average molecular weight is 385 g/mol. The Hall–Kier alpha value is -2.70. The molecule has 0 saturated heterocycles. The molecular formula is C21H27N3O4. The van der Waals surface area contributed by atoms with E-state index in [4.69, 9.17) is 0 Å². The molecule has 3 rings (SSSR count). The van der Waals surface area contributed by atoms with Gasteiger partial charge < -0.3 is 20.3 Å². The maximum Gasteiger partial charge on any atom is 0.255 e. The fourth-order valence-corrected chi connectivity index (χ4v) is 4.00. The molecule has 0 radical (unpaired) electrons. The van der Waals surface area contributed by atoms with E-state index in [9.17, 15) is 19.2 Å². The van der Waals surface area contributed by atoms with Crippen LogP contribution in [0.15, 0.2) is 18.2 Å². The highest BCUT2D eigenvalue weighted by Gasteiger charge is 2.33. The number of nitrogens with one attached hydrogen (secondary N) is 2. The zero-order chi connectivity index (χ0) is 20.1. The van der Waals surface area contributed by atoms with Gasteiger partial charge in [0, 0.05) is 37.2 Å². The molecule has 1 aliphatic carbocycles. The van der Waals surface area contributed by atoms with Crippen molar-refractivity contribution in [3.63, 3.8) is 0 Å². The molecule has 1 aromatic rings. The Bertz CT molecular complexity index is 771. The van der Waals surface area contributed by atoms with Crippen molar-refractivity contribution in [3.05, 3.63) is 29.3 Å². The van der Waals surface area contributed by atoms with Crippen molar-refractivity contribution < 1.29 is 19.2 Å². The summed E-state index contributed by atoms with van der Waals surface area (Å²) in [6.45, 7) is 0.304. The molecule has 2 N–H and O–H groups in total. The summed E-state index contributed by atoms with van der Waals surface area (Å²) in [5, 5.41) is 5.49. The maximum absolute atomic E-state index is 12.7. The van der Waals surface area contributed by atoms with Gasteiger partial charge in [0.1, 0.15) is 6.29 Å². The van der Waals surface area contributed by atoms with Gasteiger partial charge in [-0.25, -0.2) is 0 Å². The lowest BCUT2D eigenvalue weighted by atomic mass is 9.88. The van der Waals surface area contributed by atoms with E-state index in [1.54, 1.807) is 12.1 Å². The molecule has 1 fully saturated rings. The first-order valence-corrected chi connectivity index (χ1v) is 9.94. The number of anilines is 1. The van der Waals surface area contributed by atoms with Gasteiger partial charge in [-0.3, -0.25) is 14.4 Å². The number of amides is 3. The van der Waals surface area contributed by atoms with Gasteiger partial charge in [0.25, 0.3) is 5.91 Å². The SMILES string of the molecule is CNC(=O)CCC(C=O)N1Cc2cc(NC(=O)C3CCCCC3)ccc2C1=O. The Kier molecular flexibility index (Phi) is 6.44. The molecule has 1 saturated carbocycles. The van der Waals surface area contributed by atoms with Gasteiger partial charge in [-0.15, -0.1) is 0 Å². The number of fused-ring (bicyclic) bond motifs is 1. The van der Waals surface area contributed by atoms with E-state index < -0.39 is 6.04 Å². The van der Waals surface area contributed by atoms with Gasteiger partial charge in [0.2, 0.25) is 11.8 Å². The van der Waals surface area contributed by atoms with E-state index in [2.05, 4.69) is 10.6 Å². The van der Waals surface area contributed by atoms with Crippen molar-refractivity contribution in [2.75, 3.05) is 12.4 Å². The van der Waals surface area contributed by atoms with Gasteiger partial charge in [0.05, 0.1) is 6.04 Å². The molecule has 1 aliphatic heterocycles. The third-order valence-electron chi connectivity index (χ3n) is 5.68. The second kappa shape index (κ2) is 8.99. The highest BCUT2D eigenvalue weighted by molar-refractivity contribution is 6.01. The van der Waals surface area contributed by atoms with Crippen LogP contribution in [0.2, 0.25) is 0 Å². The van der Waals surface area contributed by atoms with Crippen molar-refractivity contribution in [2.45, 2.75) is 57.5 Å². The molecule has 0 spiro atoms. The van der Waals surface area contributed by atoms with E-state index in [-0.39, 0.29) is 36.5 Å². The van der Waals surface area contributed by atoms with Crippen LogP contribution in [-0.2, 0) is 20.9 Å². The third-order valence-corrected chi connectivity index (χ3v) is 5.68. The van der Waals surface area contributed by atoms with E-state index in [0.717, 1.165) is 37.5 Å². The summed E-state index contributed by atoms with van der Waals surface area (Å²) in [7, 11) is 1.54. The number of carbonyl (C=O) groups is 4. The van der Waals surface area contributed by atoms with Crippen molar-refractivity contribution in [1.82, 2.24) is 10.2 Å². The molecule has 3 amide bonds. The van der Waals surface area contributed by atoms with Crippen molar-refractivity contribution in [1.29, 1.82) is 0 Å². The molecule has 7 heteroatoms. The number of hydrogen-bond acceptors (Lipinski definition) is 4. The van der Waals surface area contributed by atoms with Crippen LogP contribution in [0.5, 0.6) is 0 Å². The normalized spacial score (nSPS) is 17.8. The molecule has 28 heavy (non-hydrogen) atoms. The number of rotatable bonds is 7. The van der Waals surface area contributed by atoms with Crippen LogP contribution in [0.1, 0.15) is 60.9 Å². The zero-order valence-corrected chi connectivity index (χ0v) is 16.2. The predicted octanol–water partition coefficient (Wildman–Crippen LogP) is 2.25. The molecule has 1 unspecified atom stereocenters. The van der Waals surface area contributed by atoms with Crippen molar-refractivity contribution >= 4 is 29.7 Å². The Morgan fingerprint density at radius 2 is 2.00 bits per heavy atom. The van der Waals surface area contributed by atoms with Crippen LogP contribution >= 0.6 is 0 Å². The number of benzene rings is 1. The summed E-state index contributed by atoms with van der Waals surface area (Å²) in [4.78, 5) is 49.6. The van der Waals surface area contributed by atoms with Crippen LogP contribution < -0.4 is 10.6 Å². The molecule has 1 heterocycles. The number of nitrogens with zero attached hydrogens (tertiary/aromatic N) is 1. The lowest BCUT2D eigenvalue weighted by molar-refractivity contribution is -0.121. The summed E-state index contributed by atoms with van der Waals surface area (Å²) < 4.78 is 0. The fourth-order valence-electron chi connectivity index (χ4n) is 4.00. The van der Waals surface area contributed by atoms with E-state index in [0.29, 0.717) is 17.8 Å². The molecule has 2 aliphatic rings. The summed E-state index contributed by atoms with van der Waals surface area (Å²) in [6.07, 6.45) is 6.42. The van der Waals surface area contributed by atoms with E-state index >= 15 is 0 Å². The van der Waals surface area contributed by atoms with Crippen LogP contribution in [-0.4, -0.2) is 42.0 Å². The molecule has 0 bridgehead atoms. The van der Waals surface area contributed by atoms with E-state index in [1.807, 2.05) is 6.07 Å². The maximum atomic E-state index is 12.7. The minimum atomic E-state index is -0.641. The first-order valence-electron chi connectivity index (χ1n) is 9.94. The molecule has 1 atom stereocenters. The number of carbonyl (C=O) groups excluding carboxylic acids is 4. The molecule has 7 nitrogen and oxygen atoms in total. The van der Waals surface area contributed by atoms with Gasteiger partial charge in [-0.05, 0) is 43.0 Å². The minimum absolute atomic E-state index is 0.0391. The number of aldehydes is 1. The summed E-state index contributed by atoms with van der Waals surface area (Å²) in [5.74, 6) is -0.278. The topological polar surface area (TPSA) is 95.6 Å². The average Bonchev–Trinajstić information content (AvgIpc) is 3.04. The van der Waals surface area contributed by atoms with Gasteiger partial charge in [-0.2, -0.15) is 0 Å². The van der Waals surface area contributed by atoms with Gasteiger partial charge >= 0.3 is 0 Å². The molecular weight excluding hydrogens is 358 g/mol. The fraction of sp³-hybridized carbons (Fsp3) is 0.524. The Morgan fingerprint density at radius 1 is 1.25 bits per heavy atom. The number of hydrogen-bond donors (Lipinski definition) is 2. The third kappa shape index (κ3) is 4.40. The first kappa shape index (κ1) is 20.0.